The molecule has 0 atom stereocenters. The Hall–Kier alpha value is -1.96. The zero-order valence-corrected chi connectivity index (χ0v) is 11.8. The van der Waals surface area contributed by atoms with Gasteiger partial charge in [-0.3, -0.25) is 10.1 Å². The topological polar surface area (TPSA) is 85.9 Å². The molecule has 0 saturated heterocycles. The first kappa shape index (κ1) is 13.5. The Morgan fingerprint density at radius 2 is 2.26 bits per heavy atom. The minimum Gasteiger partial charge on any atom is -0.358 e. The van der Waals surface area contributed by atoms with E-state index in [1.165, 1.54) is 0 Å². The van der Waals surface area contributed by atoms with E-state index < -0.39 is 4.92 Å². The van der Waals surface area contributed by atoms with Crippen LogP contribution in [0.3, 0.4) is 0 Å². The van der Waals surface area contributed by atoms with Crippen molar-refractivity contribution in [2.75, 3.05) is 5.32 Å². The first-order valence-electron chi connectivity index (χ1n) is 5.90. The fourth-order valence-electron chi connectivity index (χ4n) is 1.84. The molecule has 0 aliphatic carbocycles. The summed E-state index contributed by atoms with van der Waals surface area (Å²) in [5, 5.41) is 19.2. The zero-order valence-electron chi connectivity index (χ0n) is 11.0. The van der Waals surface area contributed by atoms with Crippen molar-refractivity contribution in [3.63, 3.8) is 0 Å². The van der Waals surface area contributed by atoms with E-state index in [1.807, 2.05) is 13.8 Å². The van der Waals surface area contributed by atoms with Crippen LogP contribution < -0.4 is 5.32 Å². The smallest absolute Gasteiger partial charge is 0.333 e. The maximum atomic E-state index is 11.1. The van der Waals surface area contributed by atoms with Crippen LogP contribution in [0, 0.1) is 24.0 Å². The number of nitrogens with one attached hydrogen (secondary N) is 1. The van der Waals surface area contributed by atoms with E-state index in [0.717, 1.165) is 9.88 Å². The number of anilines is 1. The normalized spacial score (nSPS) is 10.7. The summed E-state index contributed by atoms with van der Waals surface area (Å²) in [5.41, 5.74) is 0.458. The van der Waals surface area contributed by atoms with E-state index in [1.54, 1.807) is 29.1 Å². The van der Waals surface area contributed by atoms with Gasteiger partial charge >= 0.3 is 5.69 Å². The SMILES string of the molecule is CCn1nc(C)c([N+](=O)[O-])c1NCc1ncc(C)s1. The van der Waals surface area contributed by atoms with Gasteiger partial charge in [0.1, 0.15) is 10.7 Å². The quantitative estimate of drug-likeness (QED) is 0.672. The van der Waals surface area contributed by atoms with Crippen molar-refractivity contribution in [3.8, 4) is 0 Å². The van der Waals surface area contributed by atoms with E-state index in [9.17, 15) is 10.1 Å². The number of hydrogen-bond acceptors (Lipinski definition) is 6. The number of nitro groups is 1. The van der Waals surface area contributed by atoms with Crippen molar-refractivity contribution in [1.82, 2.24) is 14.8 Å². The van der Waals surface area contributed by atoms with Crippen molar-refractivity contribution in [2.45, 2.75) is 33.9 Å². The second-order valence-electron chi connectivity index (χ2n) is 4.07. The van der Waals surface area contributed by atoms with Crippen LogP contribution in [0.2, 0.25) is 0 Å². The number of aromatic nitrogens is 3. The maximum absolute atomic E-state index is 11.1. The second-order valence-corrected chi connectivity index (χ2v) is 5.39. The van der Waals surface area contributed by atoms with Crippen LogP contribution in [0.5, 0.6) is 0 Å². The van der Waals surface area contributed by atoms with E-state index in [2.05, 4.69) is 15.4 Å². The molecule has 0 aliphatic rings. The highest BCUT2D eigenvalue weighted by Crippen LogP contribution is 2.28. The third kappa shape index (κ3) is 2.73. The average Bonchev–Trinajstić information content (AvgIpc) is 2.89. The average molecular weight is 281 g/mol. The van der Waals surface area contributed by atoms with Crippen LogP contribution in [-0.4, -0.2) is 19.7 Å². The number of nitrogens with zero attached hydrogens (tertiary/aromatic N) is 4. The Balaban J connectivity index is 2.25. The van der Waals surface area contributed by atoms with Gasteiger partial charge in [0.2, 0.25) is 5.82 Å². The van der Waals surface area contributed by atoms with Gasteiger partial charge in [0.05, 0.1) is 11.5 Å². The van der Waals surface area contributed by atoms with Crippen molar-refractivity contribution >= 4 is 22.8 Å². The van der Waals surface area contributed by atoms with E-state index in [0.29, 0.717) is 24.6 Å². The Morgan fingerprint density at radius 1 is 1.53 bits per heavy atom. The molecule has 8 heteroatoms. The molecule has 102 valence electrons. The van der Waals surface area contributed by atoms with Crippen LogP contribution in [0.4, 0.5) is 11.5 Å². The molecule has 0 saturated carbocycles. The zero-order chi connectivity index (χ0) is 14.0. The number of aryl methyl sites for hydroxylation is 3. The minimum atomic E-state index is -0.399. The van der Waals surface area contributed by atoms with E-state index >= 15 is 0 Å². The molecule has 0 bridgehead atoms. The lowest BCUT2D eigenvalue weighted by molar-refractivity contribution is -0.384. The summed E-state index contributed by atoms with van der Waals surface area (Å²) < 4.78 is 1.61. The Bertz CT molecular complexity index is 604. The second kappa shape index (κ2) is 5.35. The van der Waals surface area contributed by atoms with Crippen molar-refractivity contribution in [2.24, 2.45) is 0 Å². The van der Waals surface area contributed by atoms with Crippen LogP contribution in [0.15, 0.2) is 6.20 Å². The highest BCUT2D eigenvalue weighted by Gasteiger charge is 2.24. The first-order valence-corrected chi connectivity index (χ1v) is 6.71. The van der Waals surface area contributed by atoms with Gasteiger partial charge in [-0.1, -0.05) is 0 Å². The van der Waals surface area contributed by atoms with Crippen LogP contribution >= 0.6 is 11.3 Å². The molecule has 0 amide bonds. The Labute approximate surface area is 114 Å². The molecular formula is C11H15N5O2S. The molecule has 0 aromatic carbocycles. The van der Waals surface area contributed by atoms with Gasteiger partial charge in [-0.15, -0.1) is 11.3 Å². The molecule has 2 heterocycles. The highest BCUT2D eigenvalue weighted by atomic mass is 32.1. The number of rotatable bonds is 5. The van der Waals surface area contributed by atoms with Crippen molar-refractivity contribution < 1.29 is 4.92 Å². The molecule has 19 heavy (non-hydrogen) atoms. The Morgan fingerprint density at radius 3 is 2.79 bits per heavy atom. The lowest BCUT2D eigenvalue weighted by Gasteiger charge is -2.05. The van der Waals surface area contributed by atoms with Gasteiger partial charge in [0, 0.05) is 17.6 Å². The third-order valence-electron chi connectivity index (χ3n) is 2.65. The van der Waals surface area contributed by atoms with E-state index in [4.69, 9.17) is 0 Å². The first-order chi connectivity index (χ1) is 9.02. The number of thiazole rings is 1. The monoisotopic (exact) mass is 281 g/mol. The lowest BCUT2D eigenvalue weighted by Crippen LogP contribution is -2.08. The van der Waals surface area contributed by atoms with Crippen molar-refractivity contribution in [1.29, 1.82) is 0 Å². The van der Waals surface area contributed by atoms with Gasteiger partial charge in [0.25, 0.3) is 0 Å². The largest absolute Gasteiger partial charge is 0.358 e. The summed E-state index contributed by atoms with van der Waals surface area (Å²) in [4.78, 5) is 16.0. The minimum absolute atomic E-state index is 0.0372. The third-order valence-corrected chi connectivity index (χ3v) is 3.57. The molecular weight excluding hydrogens is 266 g/mol. The summed E-state index contributed by atoms with van der Waals surface area (Å²) in [6, 6.07) is 0. The van der Waals surface area contributed by atoms with E-state index in [-0.39, 0.29) is 5.69 Å². The molecule has 0 radical (unpaired) electrons. The predicted octanol–water partition coefficient (Wildman–Crippen LogP) is 2.50. The van der Waals surface area contributed by atoms with Gasteiger partial charge < -0.3 is 5.32 Å². The number of hydrogen-bond donors (Lipinski definition) is 1. The van der Waals surface area contributed by atoms with Crippen LogP contribution in [0.25, 0.3) is 0 Å². The van der Waals surface area contributed by atoms with Gasteiger partial charge in [0.15, 0.2) is 0 Å². The molecule has 0 spiro atoms. The summed E-state index contributed by atoms with van der Waals surface area (Å²) in [6.45, 7) is 6.56. The summed E-state index contributed by atoms with van der Waals surface area (Å²) in [6.07, 6.45) is 1.79. The summed E-state index contributed by atoms with van der Waals surface area (Å²) >= 11 is 1.57. The summed E-state index contributed by atoms with van der Waals surface area (Å²) in [5.74, 6) is 0.442. The van der Waals surface area contributed by atoms with Crippen LogP contribution in [-0.2, 0) is 13.1 Å². The Kier molecular flexibility index (Phi) is 3.79. The molecule has 2 aromatic rings. The molecule has 7 nitrogen and oxygen atoms in total. The summed E-state index contributed by atoms with van der Waals surface area (Å²) in [7, 11) is 0. The fraction of sp³-hybridized carbons (Fsp3) is 0.455. The standard InChI is InChI=1S/C11H15N5O2S/c1-4-15-11(10(16(17)18)8(3)14-15)13-6-9-12-5-7(2)19-9/h5,13H,4,6H2,1-3H3. The van der Waals surface area contributed by atoms with Gasteiger partial charge in [-0.05, 0) is 20.8 Å². The molecule has 0 fully saturated rings. The molecule has 1 N–H and O–H groups in total. The highest BCUT2D eigenvalue weighted by molar-refractivity contribution is 7.11. The predicted molar refractivity (Wildman–Crippen MR) is 73.5 cm³/mol. The van der Waals surface area contributed by atoms with Gasteiger partial charge in [-0.25, -0.2) is 9.67 Å². The van der Waals surface area contributed by atoms with Gasteiger partial charge in [-0.2, -0.15) is 5.10 Å². The molecule has 0 aliphatic heterocycles. The maximum Gasteiger partial charge on any atom is 0.333 e. The lowest BCUT2D eigenvalue weighted by atomic mass is 10.4. The fourth-order valence-corrected chi connectivity index (χ4v) is 2.56. The van der Waals surface area contributed by atoms with Crippen LogP contribution in [0.1, 0.15) is 22.5 Å². The molecule has 2 rings (SSSR count). The van der Waals surface area contributed by atoms with Crippen molar-refractivity contribution in [3.05, 3.63) is 31.9 Å². The molecule has 2 aromatic heterocycles. The molecule has 0 unspecified atom stereocenters.